The van der Waals surface area contributed by atoms with Crippen LogP contribution in [0.5, 0.6) is 11.5 Å². The van der Waals surface area contributed by atoms with Crippen LogP contribution in [0.3, 0.4) is 0 Å². The van der Waals surface area contributed by atoms with Crippen LogP contribution in [0.25, 0.3) is 0 Å². The smallest absolute Gasteiger partial charge is 0.161 e. The summed E-state index contributed by atoms with van der Waals surface area (Å²) in [6, 6.07) is 7.37. The van der Waals surface area contributed by atoms with E-state index in [-0.39, 0.29) is 0 Å². The average Bonchev–Trinajstić information content (AvgIpc) is 3.30. The van der Waals surface area contributed by atoms with Gasteiger partial charge in [-0.25, -0.2) is 0 Å². The van der Waals surface area contributed by atoms with Crippen molar-refractivity contribution in [1.29, 1.82) is 0 Å². The normalized spacial score (nSPS) is 28.6. The molecule has 0 radical (unpaired) electrons. The molecule has 1 aromatic rings. The van der Waals surface area contributed by atoms with Crippen LogP contribution in [0, 0.1) is 11.8 Å². The summed E-state index contributed by atoms with van der Waals surface area (Å²) in [5.74, 6) is 3.18. The maximum Gasteiger partial charge on any atom is 0.161 e. The number of benzene rings is 1. The first kappa shape index (κ1) is 14.3. The zero-order valence-electron chi connectivity index (χ0n) is 13.1. The monoisotopic (exact) mass is 303 g/mol. The van der Waals surface area contributed by atoms with Gasteiger partial charge in [-0.2, -0.15) is 0 Å². The fraction of sp³-hybridized carbons (Fsp3) is 0.647. The molecule has 3 N–H and O–H groups in total. The summed E-state index contributed by atoms with van der Waals surface area (Å²) < 4.78 is 11.4. The molecule has 1 aromatic carbocycles. The lowest BCUT2D eigenvalue weighted by molar-refractivity contribution is 0.171. The molecule has 3 unspecified atom stereocenters. The lowest BCUT2D eigenvalue weighted by atomic mass is 9.99. The third-order valence-corrected chi connectivity index (χ3v) is 5.02. The summed E-state index contributed by atoms with van der Waals surface area (Å²) in [5, 5.41) is 3.80. The minimum absolute atomic E-state index is 0.434. The van der Waals surface area contributed by atoms with E-state index >= 15 is 0 Å². The first-order valence-corrected chi connectivity index (χ1v) is 8.42. The van der Waals surface area contributed by atoms with E-state index in [1.54, 1.807) is 0 Å². The van der Waals surface area contributed by atoms with E-state index in [0.29, 0.717) is 31.2 Å². The Morgan fingerprint density at radius 1 is 1.23 bits per heavy atom. The molecule has 1 aliphatic carbocycles. The van der Waals surface area contributed by atoms with Crippen LogP contribution in [0.2, 0.25) is 0 Å². The van der Waals surface area contributed by atoms with Gasteiger partial charge < -0.3 is 14.8 Å². The Kier molecular flexibility index (Phi) is 3.94. The average molecular weight is 303 g/mol. The van der Waals surface area contributed by atoms with Crippen LogP contribution in [-0.4, -0.2) is 32.3 Å². The van der Waals surface area contributed by atoms with Gasteiger partial charge in [0.2, 0.25) is 0 Å². The van der Waals surface area contributed by atoms with E-state index in [4.69, 9.17) is 9.47 Å². The summed E-state index contributed by atoms with van der Waals surface area (Å²) in [6.07, 6.45) is 2.64. The van der Waals surface area contributed by atoms with E-state index < -0.39 is 0 Å². The van der Waals surface area contributed by atoms with E-state index in [9.17, 15) is 0 Å². The van der Waals surface area contributed by atoms with Gasteiger partial charge in [0.05, 0.1) is 0 Å². The molecule has 3 atom stereocenters. The first-order chi connectivity index (χ1) is 10.8. The van der Waals surface area contributed by atoms with Crippen molar-refractivity contribution in [1.82, 2.24) is 16.2 Å². The molecule has 2 heterocycles. The molecule has 1 saturated carbocycles. The van der Waals surface area contributed by atoms with Gasteiger partial charge in [0.1, 0.15) is 13.2 Å². The standard InChI is InChI=1S/C17H25N3O2/c1-11-14(10-19-20-11)9-18-17(12-2-3-12)13-4-5-15-16(8-13)22-7-6-21-15/h4-5,8,11-12,14,17-20H,2-3,6-7,9-10H2,1H3. The van der Waals surface area contributed by atoms with Crippen molar-refractivity contribution in [3.8, 4) is 11.5 Å². The van der Waals surface area contributed by atoms with Gasteiger partial charge >= 0.3 is 0 Å². The van der Waals surface area contributed by atoms with Gasteiger partial charge in [-0.05, 0) is 43.4 Å². The van der Waals surface area contributed by atoms with E-state index in [1.807, 2.05) is 0 Å². The number of nitrogens with one attached hydrogen (secondary N) is 3. The zero-order valence-corrected chi connectivity index (χ0v) is 13.1. The number of hydrazine groups is 1. The third kappa shape index (κ3) is 2.93. The van der Waals surface area contributed by atoms with Gasteiger partial charge in [0.25, 0.3) is 0 Å². The quantitative estimate of drug-likeness (QED) is 0.771. The van der Waals surface area contributed by atoms with Gasteiger partial charge in [-0.15, -0.1) is 0 Å². The van der Waals surface area contributed by atoms with Crippen LogP contribution < -0.4 is 25.6 Å². The minimum atomic E-state index is 0.434. The van der Waals surface area contributed by atoms with Gasteiger partial charge in [0.15, 0.2) is 11.5 Å². The van der Waals surface area contributed by atoms with Gasteiger partial charge in [-0.3, -0.25) is 10.9 Å². The van der Waals surface area contributed by atoms with Crippen LogP contribution in [0.1, 0.15) is 31.4 Å². The number of hydrogen-bond acceptors (Lipinski definition) is 5. The molecular formula is C17H25N3O2. The fourth-order valence-corrected chi connectivity index (χ4v) is 3.41. The second kappa shape index (κ2) is 6.07. The maximum atomic E-state index is 5.74. The Labute approximate surface area is 131 Å². The largest absolute Gasteiger partial charge is 0.486 e. The Morgan fingerprint density at radius 2 is 2.05 bits per heavy atom. The number of hydrogen-bond donors (Lipinski definition) is 3. The highest BCUT2D eigenvalue weighted by atomic mass is 16.6. The van der Waals surface area contributed by atoms with Crippen molar-refractivity contribution in [2.24, 2.45) is 11.8 Å². The molecule has 0 amide bonds. The first-order valence-electron chi connectivity index (χ1n) is 8.42. The van der Waals surface area contributed by atoms with Crippen molar-refractivity contribution < 1.29 is 9.47 Å². The lowest BCUT2D eigenvalue weighted by Crippen LogP contribution is -2.35. The Bertz CT molecular complexity index is 533. The molecule has 3 aliphatic rings. The molecular weight excluding hydrogens is 278 g/mol. The molecule has 2 fully saturated rings. The van der Waals surface area contributed by atoms with Gasteiger partial charge in [-0.1, -0.05) is 6.07 Å². The van der Waals surface area contributed by atoms with Crippen LogP contribution in [0.15, 0.2) is 18.2 Å². The molecule has 5 heteroatoms. The van der Waals surface area contributed by atoms with Crippen LogP contribution in [0.4, 0.5) is 0 Å². The molecule has 0 aromatic heterocycles. The summed E-state index contributed by atoms with van der Waals surface area (Å²) in [6.45, 7) is 5.61. The number of fused-ring (bicyclic) bond motifs is 1. The Morgan fingerprint density at radius 3 is 2.77 bits per heavy atom. The minimum Gasteiger partial charge on any atom is -0.486 e. The summed E-state index contributed by atoms with van der Waals surface area (Å²) in [7, 11) is 0. The number of rotatable bonds is 5. The lowest BCUT2D eigenvalue weighted by Gasteiger charge is -2.25. The molecule has 2 aliphatic heterocycles. The van der Waals surface area contributed by atoms with Crippen molar-refractivity contribution in [3.05, 3.63) is 23.8 Å². The SMILES string of the molecule is CC1NNCC1CNC(c1ccc2c(c1)OCCO2)C1CC1. The summed E-state index contributed by atoms with van der Waals surface area (Å²) in [5.41, 5.74) is 7.87. The van der Waals surface area contributed by atoms with E-state index in [2.05, 4.69) is 41.3 Å². The predicted octanol–water partition coefficient (Wildman–Crippen LogP) is 1.61. The number of ether oxygens (including phenoxy) is 2. The Hall–Kier alpha value is -1.30. The van der Waals surface area contributed by atoms with E-state index in [0.717, 1.165) is 30.5 Å². The van der Waals surface area contributed by atoms with Gasteiger partial charge in [0, 0.05) is 31.1 Å². The highest BCUT2D eigenvalue weighted by Crippen LogP contribution is 2.43. The molecule has 0 spiro atoms. The highest BCUT2D eigenvalue weighted by Gasteiger charge is 2.34. The van der Waals surface area contributed by atoms with Crippen molar-refractivity contribution in [2.75, 3.05) is 26.3 Å². The van der Waals surface area contributed by atoms with E-state index in [1.165, 1.54) is 18.4 Å². The maximum absolute atomic E-state index is 5.74. The summed E-state index contributed by atoms with van der Waals surface area (Å²) >= 11 is 0. The second-order valence-electron chi connectivity index (χ2n) is 6.70. The van der Waals surface area contributed by atoms with Crippen LogP contribution in [-0.2, 0) is 0 Å². The second-order valence-corrected chi connectivity index (χ2v) is 6.70. The highest BCUT2D eigenvalue weighted by molar-refractivity contribution is 5.45. The molecule has 4 rings (SSSR count). The Balaban J connectivity index is 1.47. The molecule has 120 valence electrons. The molecule has 1 saturated heterocycles. The topological polar surface area (TPSA) is 54.5 Å². The van der Waals surface area contributed by atoms with Crippen LogP contribution >= 0.6 is 0 Å². The molecule has 5 nitrogen and oxygen atoms in total. The molecule has 22 heavy (non-hydrogen) atoms. The fourth-order valence-electron chi connectivity index (χ4n) is 3.41. The van der Waals surface area contributed by atoms with Crippen molar-refractivity contribution in [3.63, 3.8) is 0 Å². The van der Waals surface area contributed by atoms with Crippen molar-refractivity contribution in [2.45, 2.75) is 31.8 Å². The third-order valence-electron chi connectivity index (χ3n) is 5.02. The summed E-state index contributed by atoms with van der Waals surface area (Å²) in [4.78, 5) is 0. The molecule has 0 bridgehead atoms. The predicted molar refractivity (Wildman–Crippen MR) is 85.0 cm³/mol. The van der Waals surface area contributed by atoms with Crippen molar-refractivity contribution >= 4 is 0 Å². The zero-order chi connectivity index (χ0) is 14.9.